The third kappa shape index (κ3) is 4.90. The quantitative estimate of drug-likeness (QED) is 0.754. The molecule has 0 saturated heterocycles. The van der Waals surface area contributed by atoms with Crippen molar-refractivity contribution >= 4 is 23.5 Å². The Hall–Kier alpha value is -2.31. The van der Waals surface area contributed by atoms with Gasteiger partial charge in [0, 0.05) is 33.1 Å². The van der Waals surface area contributed by atoms with E-state index < -0.39 is 0 Å². The van der Waals surface area contributed by atoms with Crippen LogP contribution in [0.1, 0.15) is 29.2 Å². The fourth-order valence-electron chi connectivity index (χ4n) is 3.09. The third-order valence-corrected chi connectivity index (χ3v) is 5.51. The highest BCUT2D eigenvalue weighted by molar-refractivity contribution is 7.12. The van der Waals surface area contributed by atoms with Gasteiger partial charge in [0.15, 0.2) is 5.06 Å². The lowest BCUT2D eigenvalue weighted by Crippen LogP contribution is -2.26. The van der Waals surface area contributed by atoms with Crippen LogP contribution in [-0.4, -0.2) is 50.2 Å². The van der Waals surface area contributed by atoms with Crippen molar-refractivity contribution in [3.05, 3.63) is 52.4 Å². The summed E-state index contributed by atoms with van der Waals surface area (Å²) in [5.74, 6) is 0.561. The zero-order chi connectivity index (χ0) is 19.4. The molecule has 0 fully saturated rings. The molecule has 2 heterocycles. The summed E-state index contributed by atoms with van der Waals surface area (Å²) in [5.41, 5.74) is 3.54. The molecule has 0 saturated carbocycles. The molecule has 1 aromatic heterocycles. The van der Waals surface area contributed by atoms with Crippen molar-refractivity contribution in [3.8, 4) is 10.8 Å². The maximum Gasteiger partial charge on any atom is 0.414 e. The molecule has 144 valence electrons. The molecule has 6 heteroatoms. The molecule has 1 aliphatic rings. The van der Waals surface area contributed by atoms with Gasteiger partial charge in [0.1, 0.15) is 5.75 Å². The van der Waals surface area contributed by atoms with Gasteiger partial charge in [-0.05, 0) is 54.2 Å². The highest BCUT2D eigenvalue weighted by Gasteiger charge is 2.22. The molecule has 1 aromatic carbocycles. The smallest absolute Gasteiger partial charge is 0.414 e. The van der Waals surface area contributed by atoms with E-state index in [1.165, 1.54) is 16.0 Å². The van der Waals surface area contributed by atoms with E-state index in [4.69, 9.17) is 9.47 Å². The first-order valence-corrected chi connectivity index (χ1v) is 9.90. The van der Waals surface area contributed by atoms with Crippen molar-refractivity contribution < 1.29 is 14.3 Å². The number of amides is 1. The second kappa shape index (κ2) is 8.59. The summed E-state index contributed by atoms with van der Waals surface area (Å²) < 4.78 is 11.3. The first kappa shape index (κ1) is 19.5. The predicted octanol–water partition coefficient (Wildman–Crippen LogP) is 4.59. The van der Waals surface area contributed by atoms with Crippen LogP contribution in [0, 0.1) is 6.92 Å². The highest BCUT2D eigenvalue weighted by atomic mass is 32.1. The molecule has 5 nitrogen and oxygen atoms in total. The van der Waals surface area contributed by atoms with Crippen molar-refractivity contribution in [2.75, 3.05) is 34.3 Å². The first-order chi connectivity index (χ1) is 12.9. The minimum Gasteiger partial charge on any atom is -0.484 e. The fourth-order valence-corrected chi connectivity index (χ4v) is 3.87. The van der Waals surface area contributed by atoms with E-state index in [2.05, 4.69) is 48.5 Å². The highest BCUT2D eigenvalue weighted by Crippen LogP contribution is 2.33. The number of hydrogen-bond acceptors (Lipinski definition) is 5. The van der Waals surface area contributed by atoms with Crippen LogP contribution < -0.4 is 9.47 Å². The normalized spacial score (nSPS) is 16.5. The molecule has 0 aliphatic carbocycles. The molecule has 0 radical (unpaired) electrons. The van der Waals surface area contributed by atoms with Crippen LogP contribution in [0.5, 0.6) is 10.8 Å². The van der Waals surface area contributed by atoms with Crippen LogP contribution in [0.4, 0.5) is 4.79 Å². The largest absolute Gasteiger partial charge is 0.484 e. The number of thiophene rings is 1. The zero-order valence-electron chi connectivity index (χ0n) is 16.3. The molecule has 1 aliphatic heterocycles. The average molecular weight is 387 g/mol. The van der Waals surface area contributed by atoms with Crippen LogP contribution in [0.15, 0.2) is 35.7 Å². The van der Waals surface area contributed by atoms with Crippen molar-refractivity contribution in [2.45, 2.75) is 19.4 Å². The van der Waals surface area contributed by atoms with Gasteiger partial charge in [-0.2, -0.15) is 0 Å². The van der Waals surface area contributed by atoms with E-state index in [1.54, 1.807) is 25.4 Å². The molecule has 27 heavy (non-hydrogen) atoms. The molecule has 3 rings (SSSR count). The molecule has 1 unspecified atom stereocenters. The Kier molecular flexibility index (Phi) is 6.19. The fraction of sp³-hybridized carbons (Fsp3) is 0.381. The number of fused-ring (bicyclic) bond motifs is 1. The molecular weight excluding hydrogens is 360 g/mol. The van der Waals surface area contributed by atoms with Gasteiger partial charge in [-0.15, -0.1) is 11.3 Å². The van der Waals surface area contributed by atoms with Crippen molar-refractivity contribution in [3.63, 3.8) is 0 Å². The summed E-state index contributed by atoms with van der Waals surface area (Å²) in [4.78, 5) is 15.5. The maximum atomic E-state index is 11.8. The Labute approximate surface area is 164 Å². The molecule has 0 bridgehead atoms. The lowest BCUT2D eigenvalue weighted by molar-refractivity contribution is 0.172. The van der Waals surface area contributed by atoms with Gasteiger partial charge < -0.3 is 14.4 Å². The number of carbonyl (C=O) groups is 1. The van der Waals surface area contributed by atoms with Crippen molar-refractivity contribution in [1.29, 1.82) is 0 Å². The van der Waals surface area contributed by atoms with Crippen molar-refractivity contribution in [2.24, 2.45) is 0 Å². The monoisotopic (exact) mass is 386 g/mol. The van der Waals surface area contributed by atoms with E-state index in [9.17, 15) is 4.79 Å². The summed E-state index contributed by atoms with van der Waals surface area (Å²) in [7, 11) is 5.47. The number of nitrogens with zero attached hydrogens (tertiary/aromatic N) is 2. The van der Waals surface area contributed by atoms with Gasteiger partial charge in [0.05, 0.1) is 6.61 Å². The third-order valence-electron chi connectivity index (χ3n) is 4.55. The van der Waals surface area contributed by atoms with E-state index in [1.807, 2.05) is 12.1 Å². The van der Waals surface area contributed by atoms with Gasteiger partial charge in [-0.1, -0.05) is 18.2 Å². The minimum atomic E-state index is -0.374. The van der Waals surface area contributed by atoms with E-state index in [0.717, 1.165) is 23.6 Å². The lowest BCUT2D eigenvalue weighted by atomic mass is 9.97. The number of hydrogen-bond donors (Lipinski definition) is 0. The number of ether oxygens (including phenoxy) is 2. The standard InChI is InChI=1S/C21H26N2O3S/c1-15-12-20(27-14-15)25-11-9-19-18-8-7-17(26-21(24)22(2)3)13-16(18)6-5-10-23(19)4/h5-8,12-14,19H,9-11H2,1-4H3. The average Bonchev–Trinajstić information content (AvgIpc) is 2.97. The zero-order valence-corrected chi connectivity index (χ0v) is 17.1. The Balaban J connectivity index is 1.73. The van der Waals surface area contributed by atoms with Crippen LogP contribution in [0.2, 0.25) is 0 Å². The SMILES string of the molecule is Cc1csc(OCCC2c3ccc(OC(=O)N(C)C)cc3C=CCN2C)c1. The molecule has 0 N–H and O–H groups in total. The van der Waals surface area contributed by atoms with Gasteiger partial charge >= 0.3 is 6.09 Å². The molecule has 2 aromatic rings. The Morgan fingerprint density at radius 1 is 1.33 bits per heavy atom. The number of rotatable bonds is 5. The van der Waals surface area contributed by atoms with Gasteiger partial charge in [-0.25, -0.2) is 4.79 Å². The predicted molar refractivity (Wildman–Crippen MR) is 110 cm³/mol. The first-order valence-electron chi connectivity index (χ1n) is 9.02. The summed E-state index contributed by atoms with van der Waals surface area (Å²) >= 11 is 1.64. The summed E-state index contributed by atoms with van der Waals surface area (Å²) in [5, 5.41) is 3.07. The minimum absolute atomic E-state index is 0.245. The van der Waals surface area contributed by atoms with Crippen LogP contribution in [0.3, 0.4) is 0 Å². The lowest BCUT2D eigenvalue weighted by Gasteiger charge is -2.27. The van der Waals surface area contributed by atoms with Gasteiger partial charge in [0.25, 0.3) is 0 Å². The van der Waals surface area contributed by atoms with E-state index in [0.29, 0.717) is 12.4 Å². The van der Waals surface area contributed by atoms with E-state index in [-0.39, 0.29) is 12.1 Å². The van der Waals surface area contributed by atoms with Crippen molar-refractivity contribution in [1.82, 2.24) is 9.80 Å². The van der Waals surface area contributed by atoms with Gasteiger partial charge in [-0.3, -0.25) is 4.90 Å². The second-order valence-corrected chi connectivity index (χ2v) is 7.86. The van der Waals surface area contributed by atoms with Crippen LogP contribution in [0.25, 0.3) is 6.08 Å². The van der Waals surface area contributed by atoms with Crippen LogP contribution in [-0.2, 0) is 0 Å². The topological polar surface area (TPSA) is 42.0 Å². The second-order valence-electron chi connectivity index (χ2n) is 6.99. The Morgan fingerprint density at radius 3 is 2.85 bits per heavy atom. The van der Waals surface area contributed by atoms with E-state index >= 15 is 0 Å². The van der Waals surface area contributed by atoms with Crippen LogP contribution >= 0.6 is 11.3 Å². The molecule has 1 atom stereocenters. The molecular formula is C21H26N2O3S. The number of carbonyl (C=O) groups excluding carboxylic acids is 1. The number of aryl methyl sites for hydroxylation is 1. The summed E-state index contributed by atoms with van der Waals surface area (Å²) in [6.07, 6.45) is 4.75. The van der Waals surface area contributed by atoms with Gasteiger partial charge in [0.2, 0.25) is 0 Å². The molecule has 1 amide bonds. The summed E-state index contributed by atoms with van der Waals surface area (Å²) in [6, 6.07) is 8.17. The molecule has 0 spiro atoms. The summed E-state index contributed by atoms with van der Waals surface area (Å²) in [6.45, 7) is 3.60. The maximum absolute atomic E-state index is 11.8. The number of benzene rings is 1. The number of likely N-dealkylation sites (N-methyl/N-ethyl adjacent to an activating group) is 1. The Bertz CT molecular complexity index is 829. The Morgan fingerprint density at radius 2 is 2.15 bits per heavy atom.